The SMILES string of the molecule is CCOCCOc1cc(Br)cc(C(=O)O)c1. The number of benzene rings is 1. The largest absolute Gasteiger partial charge is 0.491 e. The van der Waals surface area contributed by atoms with Crippen LogP contribution in [0.15, 0.2) is 22.7 Å². The lowest BCUT2D eigenvalue weighted by atomic mass is 10.2. The van der Waals surface area contributed by atoms with Crippen LogP contribution in [0.3, 0.4) is 0 Å². The number of carboxylic acid groups (broad SMARTS) is 1. The van der Waals surface area contributed by atoms with Crippen LogP contribution in [0, 0.1) is 0 Å². The van der Waals surface area contributed by atoms with Gasteiger partial charge in [-0.1, -0.05) is 15.9 Å². The first-order chi connectivity index (χ1) is 7.63. The Balaban J connectivity index is 2.62. The van der Waals surface area contributed by atoms with Gasteiger partial charge in [0, 0.05) is 11.1 Å². The molecule has 1 N–H and O–H groups in total. The van der Waals surface area contributed by atoms with E-state index in [1.54, 1.807) is 6.07 Å². The predicted molar refractivity (Wildman–Crippen MR) is 63.1 cm³/mol. The van der Waals surface area contributed by atoms with Gasteiger partial charge in [0.15, 0.2) is 0 Å². The van der Waals surface area contributed by atoms with Gasteiger partial charge >= 0.3 is 5.97 Å². The van der Waals surface area contributed by atoms with Gasteiger partial charge in [0.25, 0.3) is 0 Å². The predicted octanol–water partition coefficient (Wildman–Crippen LogP) is 2.56. The Morgan fingerprint density at radius 2 is 2.12 bits per heavy atom. The second kappa shape index (κ2) is 6.50. The summed E-state index contributed by atoms with van der Waals surface area (Å²) in [6.07, 6.45) is 0. The van der Waals surface area contributed by atoms with Crippen LogP contribution in [0.2, 0.25) is 0 Å². The summed E-state index contributed by atoms with van der Waals surface area (Å²) in [6, 6.07) is 4.73. The Morgan fingerprint density at radius 1 is 1.38 bits per heavy atom. The molecule has 0 spiro atoms. The summed E-state index contributed by atoms with van der Waals surface area (Å²) in [5, 5.41) is 8.84. The smallest absolute Gasteiger partial charge is 0.335 e. The van der Waals surface area contributed by atoms with Crippen molar-refractivity contribution in [1.29, 1.82) is 0 Å². The molecule has 88 valence electrons. The first kappa shape index (κ1) is 13.0. The van der Waals surface area contributed by atoms with Gasteiger partial charge < -0.3 is 14.6 Å². The third-order valence-electron chi connectivity index (χ3n) is 1.82. The molecule has 0 unspecified atom stereocenters. The highest BCUT2D eigenvalue weighted by Crippen LogP contribution is 2.21. The zero-order valence-corrected chi connectivity index (χ0v) is 10.5. The summed E-state index contributed by atoms with van der Waals surface area (Å²) in [4.78, 5) is 10.8. The molecule has 1 aromatic rings. The number of aromatic carboxylic acids is 1. The summed E-state index contributed by atoms with van der Waals surface area (Å²) >= 11 is 3.23. The molecule has 0 radical (unpaired) electrons. The van der Waals surface area contributed by atoms with Gasteiger partial charge in [-0.3, -0.25) is 0 Å². The summed E-state index contributed by atoms with van der Waals surface area (Å²) in [5.41, 5.74) is 0.195. The third kappa shape index (κ3) is 4.20. The van der Waals surface area contributed by atoms with E-state index in [9.17, 15) is 4.79 Å². The minimum absolute atomic E-state index is 0.195. The van der Waals surface area contributed by atoms with Gasteiger partial charge in [-0.25, -0.2) is 4.79 Å². The zero-order valence-electron chi connectivity index (χ0n) is 8.90. The molecule has 1 rings (SSSR count). The minimum Gasteiger partial charge on any atom is -0.491 e. The molecule has 0 aliphatic carbocycles. The number of hydrogen-bond acceptors (Lipinski definition) is 3. The van der Waals surface area contributed by atoms with Crippen molar-refractivity contribution >= 4 is 21.9 Å². The molecule has 0 bridgehead atoms. The highest BCUT2D eigenvalue weighted by molar-refractivity contribution is 9.10. The Bertz CT molecular complexity index is 365. The molecular formula is C11H13BrO4. The molecule has 0 heterocycles. The van der Waals surface area contributed by atoms with E-state index in [0.29, 0.717) is 30.0 Å². The average Bonchev–Trinajstić information content (AvgIpc) is 2.23. The summed E-state index contributed by atoms with van der Waals surface area (Å²) in [5.74, 6) is -0.456. The highest BCUT2D eigenvalue weighted by Gasteiger charge is 2.06. The number of carboxylic acids is 1. The third-order valence-corrected chi connectivity index (χ3v) is 2.28. The van der Waals surface area contributed by atoms with Crippen LogP contribution in [0.25, 0.3) is 0 Å². The van der Waals surface area contributed by atoms with Gasteiger partial charge in [-0.15, -0.1) is 0 Å². The van der Waals surface area contributed by atoms with E-state index in [-0.39, 0.29) is 5.56 Å². The monoisotopic (exact) mass is 288 g/mol. The van der Waals surface area contributed by atoms with Gasteiger partial charge in [-0.2, -0.15) is 0 Å². The van der Waals surface area contributed by atoms with Crippen molar-refractivity contribution in [2.45, 2.75) is 6.92 Å². The maximum absolute atomic E-state index is 10.8. The average molecular weight is 289 g/mol. The van der Waals surface area contributed by atoms with Crippen LogP contribution in [0.5, 0.6) is 5.75 Å². The molecule has 0 aromatic heterocycles. The molecule has 0 saturated carbocycles. The van der Waals surface area contributed by atoms with Crippen molar-refractivity contribution in [3.8, 4) is 5.75 Å². The maximum atomic E-state index is 10.8. The van der Waals surface area contributed by atoms with Crippen molar-refractivity contribution in [3.05, 3.63) is 28.2 Å². The first-order valence-electron chi connectivity index (χ1n) is 4.88. The molecule has 4 nitrogen and oxygen atoms in total. The van der Waals surface area contributed by atoms with E-state index in [1.807, 2.05) is 6.92 Å². The highest BCUT2D eigenvalue weighted by atomic mass is 79.9. The fraction of sp³-hybridized carbons (Fsp3) is 0.364. The lowest BCUT2D eigenvalue weighted by Gasteiger charge is -2.07. The first-order valence-corrected chi connectivity index (χ1v) is 5.67. The molecule has 16 heavy (non-hydrogen) atoms. The summed E-state index contributed by atoms with van der Waals surface area (Å²) in [7, 11) is 0. The van der Waals surface area contributed by atoms with Gasteiger partial charge in [-0.05, 0) is 25.1 Å². The molecule has 0 fully saturated rings. The van der Waals surface area contributed by atoms with Crippen LogP contribution in [-0.4, -0.2) is 30.9 Å². The van der Waals surface area contributed by atoms with Crippen molar-refractivity contribution in [2.24, 2.45) is 0 Å². The quantitative estimate of drug-likeness (QED) is 0.818. The van der Waals surface area contributed by atoms with E-state index in [0.717, 1.165) is 0 Å². The molecule has 5 heteroatoms. The van der Waals surface area contributed by atoms with Gasteiger partial charge in [0.1, 0.15) is 12.4 Å². The van der Waals surface area contributed by atoms with Crippen LogP contribution in [0.4, 0.5) is 0 Å². The van der Waals surface area contributed by atoms with Crippen LogP contribution >= 0.6 is 15.9 Å². The van der Waals surface area contributed by atoms with E-state index < -0.39 is 5.97 Å². The summed E-state index contributed by atoms with van der Waals surface area (Å²) in [6.45, 7) is 3.44. The lowest BCUT2D eigenvalue weighted by molar-refractivity contribution is 0.0696. The second-order valence-corrected chi connectivity index (χ2v) is 3.94. The van der Waals surface area contributed by atoms with E-state index in [4.69, 9.17) is 14.6 Å². The van der Waals surface area contributed by atoms with E-state index in [1.165, 1.54) is 12.1 Å². The normalized spacial score (nSPS) is 10.1. The van der Waals surface area contributed by atoms with Crippen LogP contribution in [-0.2, 0) is 4.74 Å². The van der Waals surface area contributed by atoms with Crippen molar-refractivity contribution in [2.75, 3.05) is 19.8 Å². The summed E-state index contributed by atoms with van der Waals surface area (Å²) < 4.78 is 11.2. The molecule has 0 atom stereocenters. The Morgan fingerprint density at radius 3 is 2.75 bits per heavy atom. The van der Waals surface area contributed by atoms with Crippen molar-refractivity contribution in [1.82, 2.24) is 0 Å². The topological polar surface area (TPSA) is 55.8 Å². The zero-order chi connectivity index (χ0) is 12.0. The van der Waals surface area contributed by atoms with E-state index in [2.05, 4.69) is 15.9 Å². The maximum Gasteiger partial charge on any atom is 0.335 e. The minimum atomic E-state index is -0.976. The fourth-order valence-electron chi connectivity index (χ4n) is 1.13. The Kier molecular flexibility index (Phi) is 5.28. The molecular weight excluding hydrogens is 276 g/mol. The second-order valence-electron chi connectivity index (χ2n) is 3.03. The molecule has 0 saturated heterocycles. The molecule has 1 aromatic carbocycles. The molecule has 0 aliphatic heterocycles. The van der Waals surface area contributed by atoms with Crippen LogP contribution in [0.1, 0.15) is 17.3 Å². The van der Waals surface area contributed by atoms with E-state index >= 15 is 0 Å². The fourth-order valence-corrected chi connectivity index (χ4v) is 1.60. The van der Waals surface area contributed by atoms with Gasteiger partial charge in [0.2, 0.25) is 0 Å². The van der Waals surface area contributed by atoms with Crippen molar-refractivity contribution < 1.29 is 19.4 Å². The Labute approximate surface area is 102 Å². The van der Waals surface area contributed by atoms with Crippen LogP contribution < -0.4 is 4.74 Å². The van der Waals surface area contributed by atoms with Gasteiger partial charge in [0.05, 0.1) is 12.2 Å². The van der Waals surface area contributed by atoms with Crippen molar-refractivity contribution in [3.63, 3.8) is 0 Å². The Hall–Kier alpha value is -1.07. The number of rotatable bonds is 6. The number of halogens is 1. The number of hydrogen-bond donors (Lipinski definition) is 1. The number of ether oxygens (including phenoxy) is 2. The number of carbonyl (C=O) groups is 1. The standard InChI is InChI=1S/C11H13BrO4/c1-2-15-3-4-16-10-6-8(11(13)14)5-9(12)7-10/h5-7H,2-4H2,1H3,(H,13,14). The molecule has 0 amide bonds. The molecule has 0 aliphatic rings. The lowest BCUT2D eigenvalue weighted by Crippen LogP contribution is -2.07.